The fourth-order valence-electron chi connectivity index (χ4n) is 3.63. The molecule has 0 fully saturated rings. The van der Waals surface area contributed by atoms with E-state index in [1.165, 1.54) is 16.7 Å². The smallest absolute Gasteiger partial charge is 0.277 e. The highest BCUT2D eigenvalue weighted by molar-refractivity contribution is 9.10. The van der Waals surface area contributed by atoms with E-state index >= 15 is 0 Å². The molecule has 0 saturated heterocycles. The van der Waals surface area contributed by atoms with Crippen molar-refractivity contribution >= 4 is 37.4 Å². The fraction of sp³-hybridized carbons (Fsp3) is 0.304. The first kappa shape index (κ1) is 24.5. The SMILES string of the molecule is CCCCc1nc(O)c(S(=O)(=O)c2ccc(Br)cc2)c(=O)n1[C@@H](CC)c1cccc(Cl)c1. The van der Waals surface area contributed by atoms with Crippen LogP contribution in [0.2, 0.25) is 5.02 Å². The van der Waals surface area contributed by atoms with E-state index in [0.29, 0.717) is 28.2 Å². The molecule has 1 N–H and O–H groups in total. The Kier molecular flexibility index (Phi) is 7.79. The molecule has 0 saturated carbocycles. The first-order chi connectivity index (χ1) is 15.2. The van der Waals surface area contributed by atoms with Crippen LogP contribution in [0, 0.1) is 0 Å². The third-order valence-electron chi connectivity index (χ3n) is 5.21. The first-order valence-electron chi connectivity index (χ1n) is 10.3. The molecule has 0 bridgehead atoms. The van der Waals surface area contributed by atoms with E-state index in [1.807, 2.05) is 19.9 Å². The van der Waals surface area contributed by atoms with Crippen LogP contribution in [-0.2, 0) is 16.3 Å². The molecule has 0 aliphatic carbocycles. The zero-order valence-corrected chi connectivity index (χ0v) is 20.9. The van der Waals surface area contributed by atoms with Gasteiger partial charge in [-0.25, -0.2) is 8.42 Å². The second kappa shape index (κ2) is 10.2. The van der Waals surface area contributed by atoms with E-state index in [-0.39, 0.29) is 4.90 Å². The quantitative estimate of drug-likeness (QED) is 0.406. The molecule has 170 valence electrons. The Hall–Kier alpha value is -2.16. The third-order valence-corrected chi connectivity index (χ3v) is 7.76. The summed E-state index contributed by atoms with van der Waals surface area (Å²) in [6.07, 6.45) is 2.51. The minimum atomic E-state index is -4.30. The number of aryl methyl sites for hydroxylation is 1. The van der Waals surface area contributed by atoms with Crippen LogP contribution in [0.1, 0.15) is 50.5 Å². The fourth-order valence-corrected chi connectivity index (χ4v) is 5.44. The van der Waals surface area contributed by atoms with Crippen LogP contribution in [0.25, 0.3) is 0 Å². The number of aromatic nitrogens is 2. The highest BCUT2D eigenvalue weighted by Gasteiger charge is 2.31. The number of sulfone groups is 1. The van der Waals surface area contributed by atoms with Crippen molar-refractivity contribution in [3.05, 3.63) is 79.8 Å². The Balaban J connectivity index is 2.30. The van der Waals surface area contributed by atoms with Crippen molar-refractivity contribution in [2.75, 3.05) is 0 Å². The molecule has 0 aliphatic heterocycles. The van der Waals surface area contributed by atoms with Gasteiger partial charge in [0.2, 0.25) is 15.7 Å². The van der Waals surface area contributed by atoms with Crippen molar-refractivity contribution in [2.24, 2.45) is 0 Å². The van der Waals surface area contributed by atoms with Crippen molar-refractivity contribution in [1.82, 2.24) is 9.55 Å². The largest absolute Gasteiger partial charge is 0.492 e. The number of halogens is 2. The highest BCUT2D eigenvalue weighted by atomic mass is 79.9. The van der Waals surface area contributed by atoms with Crippen molar-refractivity contribution in [3.8, 4) is 5.88 Å². The number of rotatable bonds is 8. The molecule has 1 atom stereocenters. The molecular formula is C23H24BrClN2O4S. The normalized spacial score (nSPS) is 12.6. The summed E-state index contributed by atoms with van der Waals surface area (Å²) in [7, 11) is -4.30. The van der Waals surface area contributed by atoms with Gasteiger partial charge in [0.15, 0.2) is 4.90 Å². The maximum Gasteiger partial charge on any atom is 0.277 e. The monoisotopic (exact) mass is 538 g/mol. The van der Waals surface area contributed by atoms with Crippen LogP contribution in [-0.4, -0.2) is 23.1 Å². The van der Waals surface area contributed by atoms with E-state index in [9.17, 15) is 18.3 Å². The minimum Gasteiger partial charge on any atom is -0.492 e. The number of hydrogen-bond acceptors (Lipinski definition) is 5. The van der Waals surface area contributed by atoms with Gasteiger partial charge in [0, 0.05) is 15.9 Å². The molecule has 1 aromatic heterocycles. The van der Waals surface area contributed by atoms with Gasteiger partial charge in [-0.05, 0) is 54.8 Å². The standard InChI is InChI=1S/C23H24BrClN2O4S/c1-3-5-9-20-26-22(28)21(32(30,31)18-12-10-16(24)11-13-18)23(29)27(20)19(4-2)15-7-6-8-17(25)14-15/h6-8,10-14,19,28H,3-5,9H2,1-2H3/t19-/m0/s1. The molecule has 9 heteroatoms. The molecule has 32 heavy (non-hydrogen) atoms. The molecule has 0 radical (unpaired) electrons. The summed E-state index contributed by atoms with van der Waals surface area (Å²) < 4.78 is 28.7. The molecule has 0 aliphatic rings. The topological polar surface area (TPSA) is 89.3 Å². The molecule has 0 spiro atoms. The van der Waals surface area contributed by atoms with Gasteiger partial charge in [-0.3, -0.25) is 9.36 Å². The Morgan fingerprint density at radius 2 is 1.84 bits per heavy atom. The third kappa shape index (κ3) is 4.92. The molecular weight excluding hydrogens is 516 g/mol. The second-order valence-electron chi connectivity index (χ2n) is 7.40. The first-order valence-corrected chi connectivity index (χ1v) is 13.0. The maximum atomic E-state index is 13.7. The van der Waals surface area contributed by atoms with Crippen LogP contribution < -0.4 is 5.56 Å². The average molecular weight is 540 g/mol. The van der Waals surface area contributed by atoms with E-state index < -0.39 is 32.2 Å². The number of benzene rings is 2. The van der Waals surface area contributed by atoms with Crippen LogP contribution >= 0.6 is 27.5 Å². The van der Waals surface area contributed by atoms with E-state index in [0.717, 1.165) is 18.4 Å². The predicted molar refractivity (Wildman–Crippen MR) is 128 cm³/mol. The van der Waals surface area contributed by atoms with Gasteiger partial charge < -0.3 is 5.11 Å². The Morgan fingerprint density at radius 3 is 2.44 bits per heavy atom. The van der Waals surface area contributed by atoms with Crippen LogP contribution in [0.3, 0.4) is 0 Å². The van der Waals surface area contributed by atoms with E-state index in [4.69, 9.17) is 11.6 Å². The lowest BCUT2D eigenvalue weighted by Crippen LogP contribution is -2.33. The van der Waals surface area contributed by atoms with Gasteiger partial charge in [0.25, 0.3) is 5.56 Å². The Bertz CT molecular complexity index is 1270. The summed E-state index contributed by atoms with van der Waals surface area (Å²) in [6.45, 7) is 3.90. The Morgan fingerprint density at radius 1 is 1.16 bits per heavy atom. The molecule has 0 amide bonds. The lowest BCUT2D eigenvalue weighted by Gasteiger charge is -2.23. The molecule has 1 heterocycles. The highest BCUT2D eigenvalue weighted by Crippen LogP contribution is 2.30. The minimum absolute atomic E-state index is 0.0986. The van der Waals surface area contributed by atoms with Gasteiger partial charge in [-0.15, -0.1) is 0 Å². The molecule has 6 nitrogen and oxygen atoms in total. The van der Waals surface area contributed by atoms with E-state index in [1.54, 1.807) is 30.3 Å². The second-order valence-corrected chi connectivity index (χ2v) is 10.6. The Labute approximate surface area is 201 Å². The summed E-state index contributed by atoms with van der Waals surface area (Å²) in [6, 6.07) is 12.5. The van der Waals surface area contributed by atoms with Crippen LogP contribution in [0.15, 0.2) is 67.6 Å². The van der Waals surface area contributed by atoms with Gasteiger partial charge >= 0.3 is 0 Å². The number of unbranched alkanes of at least 4 members (excludes halogenated alkanes) is 1. The predicted octanol–water partition coefficient (Wildman–Crippen LogP) is 5.54. The van der Waals surface area contributed by atoms with Gasteiger partial charge in [-0.2, -0.15) is 4.98 Å². The lowest BCUT2D eigenvalue weighted by atomic mass is 10.0. The number of aromatic hydroxyl groups is 1. The summed E-state index contributed by atoms with van der Waals surface area (Å²) in [5.74, 6) is -0.433. The van der Waals surface area contributed by atoms with Crippen molar-refractivity contribution in [1.29, 1.82) is 0 Å². The summed E-state index contributed by atoms with van der Waals surface area (Å²) >= 11 is 9.45. The molecule has 3 rings (SSSR count). The zero-order valence-electron chi connectivity index (χ0n) is 17.8. The molecule has 0 unspecified atom stereocenters. The van der Waals surface area contributed by atoms with Crippen LogP contribution in [0.5, 0.6) is 5.88 Å². The number of nitrogens with zero attached hydrogens (tertiary/aromatic N) is 2. The van der Waals surface area contributed by atoms with Crippen LogP contribution in [0.4, 0.5) is 0 Å². The van der Waals surface area contributed by atoms with Gasteiger partial charge in [0.1, 0.15) is 5.82 Å². The lowest BCUT2D eigenvalue weighted by molar-refractivity contribution is 0.406. The summed E-state index contributed by atoms with van der Waals surface area (Å²) in [4.78, 5) is 17.0. The average Bonchev–Trinajstić information content (AvgIpc) is 2.74. The van der Waals surface area contributed by atoms with Crippen molar-refractivity contribution in [2.45, 2.75) is 55.4 Å². The zero-order chi connectivity index (χ0) is 23.5. The number of hydrogen-bond donors (Lipinski definition) is 1. The van der Waals surface area contributed by atoms with Crippen molar-refractivity contribution in [3.63, 3.8) is 0 Å². The van der Waals surface area contributed by atoms with Gasteiger partial charge in [-0.1, -0.05) is 59.9 Å². The maximum absolute atomic E-state index is 13.7. The molecule has 2 aromatic carbocycles. The van der Waals surface area contributed by atoms with Gasteiger partial charge in [0.05, 0.1) is 10.9 Å². The van der Waals surface area contributed by atoms with E-state index in [2.05, 4.69) is 20.9 Å². The molecule has 3 aromatic rings. The van der Waals surface area contributed by atoms with Crippen molar-refractivity contribution < 1.29 is 13.5 Å². The summed E-state index contributed by atoms with van der Waals surface area (Å²) in [5.41, 5.74) is -0.0299. The summed E-state index contributed by atoms with van der Waals surface area (Å²) in [5, 5.41) is 11.1.